The van der Waals surface area contributed by atoms with E-state index in [0.29, 0.717) is 28.9 Å². The van der Waals surface area contributed by atoms with Crippen molar-refractivity contribution in [2.75, 3.05) is 21.3 Å². The van der Waals surface area contributed by atoms with Gasteiger partial charge >= 0.3 is 0 Å². The van der Waals surface area contributed by atoms with E-state index in [4.69, 9.17) is 18.9 Å². The average Bonchev–Trinajstić information content (AvgIpc) is 2.49. The van der Waals surface area contributed by atoms with E-state index in [-0.39, 0.29) is 6.10 Å². The van der Waals surface area contributed by atoms with Crippen LogP contribution in [0.5, 0.6) is 23.0 Å². The number of benzene rings is 1. The molecule has 0 amide bonds. The molecule has 0 aromatic heterocycles. The van der Waals surface area contributed by atoms with Crippen molar-refractivity contribution in [2.45, 2.75) is 38.4 Å². The second-order valence-electron chi connectivity index (χ2n) is 5.50. The summed E-state index contributed by atoms with van der Waals surface area (Å²) in [5.74, 6) is 2.79. The Bertz CT molecular complexity index is 449. The normalized spacial score (nSPS) is 25.3. The van der Waals surface area contributed by atoms with E-state index in [1.807, 2.05) is 0 Å². The molecule has 0 spiro atoms. The number of aliphatic hydroxyl groups excluding tert-OH is 1. The van der Waals surface area contributed by atoms with Crippen molar-refractivity contribution in [2.24, 2.45) is 5.92 Å². The standard InChI is InChI=1S/C16H24O5/c1-10-5-6-12(17)13(7-10)21-11-8-14(18-2)16(20-4)15(9-11)19-3/h8-10,12-13,17H,5-7H2,1-4H3. The lowest BCUT2D eigenvalue weighted by atomic mass is 9.86. The third-order valence-electron chi connectivity index (χ3n) is 3.94. The number of rotatable bonds is 5. The van der Waals surface area contributed by atoms with Crippen LogP contribution in [0, 0.1) is 5.92 Å². The van der Waals surface area contributed by atoms with Gasteiger partial charge < -0.3 is 24.1 Å². The number of hydrogen-bond acceptors (Lipinski definition) is 5. The molecule has 0 saturated heterocycles. The number of hydrogen-bond donors (Lipinski definition) is 1. The molecule has 21 heavy (non-hydrogen) atoms. The molecule has 3 unspecified atom stereocenters. The Balaban J connectivity index is 2.23. The Morgan fingerprint density at radius 2 is 1.62 bits per heavy atom. The van der Waals surface area contributed by atoms with Crippen molar-refractivity contribution in [3.63, 3.8) is 0 Å². The fourth-order valence-electron chi connectivity index (χ4n) is 2.74. The largest absolute Gasteiger partial charge is 0.493 e. The van der Waals surface area contributed by atoms with Gasteiger partial charge in [0, 0.05) is 12.1 Å². The highest BCUT2D eigenvalue weighted by Crippen LogP contribution is 2.41. The highest BCUT2D eigenvalue weighted by Gasteiger charge is 2.29. The molecule has 1 fully saturated rings. The Morgan fingerprint density at radius 3 is 2.14 bits per heavy atom. The predicted molar refractivity (Wildman–Crippen MR) is 79.5 cm³/mol. The zero-order valence-electron chi connectivity index (χ0n) is 13.1. The minimum Gasteiger partial charge on any atom is -0.493 e. The van der Waals surface area contributed by atoms with Crippen LogP contribution in [0.15, 0.2) is 12.1 Å². The maximum absolute atomic E-state index is 10.1. The number of methoxy groups -OCH3 is 3. The van der Waals surface area contributed by atoms with Crippen molar-refractivity contribution < 1.29 is 24.1 Å². The Labute approximate surface area is 125 Å². The van der Waals surface area contributed by atoms with Gasteiger partial charge in [-0.3, -0.25) is 0 Å². The molecule has 1 aromatic rings. The molecule has 1 aliphatic rings. The van der Waals surface area contributed by atoms with Crippen LogP contribution in [0.3, 0.4) is 0 Å². The third-order valence-corrected chi connectivity index (χ3v) is 3.94. The van der Waals surface area contributed by atoms with Gasteiger partial charge in [0.2, 0.25) is 5.75 Å². The molecule has 1 saturated carbocycles. The maximum Gasteiger partial charge on any atom is 0.203 e. The molecule has 1 aliphatic carbocycles. The first-order chi connectivity index (χ1) is 10.1. The first-order valence-electron chi connectivity index (χ1n) is 7.23. The lowest BCUT2D eigenvalue weighted by molar-refractivity contribution is -0.00778. The lowest BCUT2D eigenvalue weighted by Gasteiger charge is -2.32. The second kappa shape index (κ2) is 6.89. The molecule has 5 heteroatoms. The molecular formula is C16H24O5. The van der Waals surface area contributed by atoms with Crippen molar-refractivity contribution >= 4 is 0 Å². The van der Waals surface area contributed by atoms with Crippen LogP contribution in [0.2, 0.25) is 0 Å². The van der Waals surface area contributed by atoms with Gasteiger partial charge in [-0.25, -0.2) is 0 Å². The fraction of sp³-hybridized carbons (Fsp3) is 0.625. The highest BCUT2D eigenvalue weighted by atomic mass is 16.5. The van der Waals surface area contributed by atoms with Crippen molar-refractivity contribution in [1.29, 1.82) is 0 Å². The zero-order valence-corrected chi connectivity index (χ0v) is 13.1. The first-order valence-corrected chi connectivity index (χ1v) is 7.23. The van der Waals surface area contributed by atoms with E-state index >= 15 is 0 Å². The molecule has 2 rings (SSSR count). The van der Waals surface area contributed by atoms with E-state index in [2.05, 4.69) is 6.92 Å². The van der Waals surface area contributed by atoms with Crippen LogP contribution < -0.4 is 18.9 Å². The summed E-state index contributed by atoms with van der Waals surface area (Å²) in [5, 5.41) is 10.1. The minimum atomic E-state index is -0.430. The van der Waals surface area contributed by atoms with E-state index in [1.54, 1.807) is 33.5 Å². The van der Waals surface area contributed by atoms with E-state index in [0.717, 1.165) is 19.3 Å². The van der Waals surface area contributed by atoms with E-state index in [1.165, 1.54) is 0 Å². The number of aliphatic hydroxyl groups is 1. The molecule has 0 heterocycles. The third kappa shape index (κ3) is 3.53. The molecule has 0 radical (unpaired) electrons. The van der Waals surface area contributed by atoms with Crippen LogP contribution in [0.25, 0.3) is 0 Å². The Morgan fingerprint density at radius 1 is 1.00 bits per heavy atom. The summed E-state index contributed by atoms with van der Waals surface area (Å²) >= 11 is 0. The second-order valence-corrected chi connectivity index (χ2v) is 5.50. The number of ether oxygens (including phenoxy) is 4. The Kier molecular flexibility index (Phi) is 5.17. The van der Waals surface area contributed by atoms with Crippen LogP contribution in [0.4, 0.5) is 0 Å². The van der Waals surface area contributed by atoms with Gasteiger partial charge in [-0.15, -0.1) is 0 Å². The topological polar surface area (TPSA) is 57.2 Å². The van der Waals surface area contributed by atoms with E-state index in [9.17, 15) is 5.11 Å². The smallest absolute Gasteiger partial charge is 0.203 e. The molecule has 1 aromatic carbocycles. The van der Waals surface area contributed by atoms with Gasteiger partial charge in [-0.2, -0.15) is 0 Å². The van der Waals surface area contributed by atoms with Gasteiger partial charge in [0.1, 0.15) is 11.9 Å². The van der Waals surface area contributed by atoms with Gasteiger partial charge in [0.25, 0.3) is 0 Å². The monoisotopic (exact) mass is 296 g/mol. The van der Waals surface area contributed by atoms with Gasteiger partial charge in [-0.05, 0) is 25.2 Å². The van der Waals surface area contributed by atoms with Gasteiger partial charge in [0.15, 0.2) is 11.5 Å². The van der Waals surface area contributed by atoms with Crippen LogP contribution in [-0.2, 0) is 0 Å². The fourth-order valence-corrected chi connectivity index (χ4v) is 2.74. The molecule has 0 aliphatic heterocycles. The minimum absolute atomic E-state index is 0.198. The molecule has 3 atom stereocenters. The van der Waals surface area contributed by atoms with Crippen LogP contribution in [-0.4, -0.2) is 38.6 Å². The Hall–Kier alpha value is -1.62. The first kappa shape index (κ1) is 15.8. The highest BCUT2D eigenvalue weighted by molar-refractivity contribution is 5.55. The summed E-state index contributed by atoms with van der Waals surface area (Å²) in [4.78, 5) is 0. The molecular weight excluding hydrogens is 272 g/mol. The summed E-state index contributed by atoms with van der Waals surface area (Å²) in [6, 6.07) is 3.51. The van der Waals surface area contributed by atoms with Crippen LogP contribution >= 0.6 is 0 Å². The molecule has 1 N–H and O–H groups in total. The summed E-state index contributed by atoms with van der Waals surface area (Å²) in [6.45, 7) is 2.18. The van der Waals surface area contributed by atoms with Crippen molar-refractivity contribution in [3.8, 4) is 23.0 Å². The van der Waals surface area contributed by atoms with Gasteiger partial charge in [0.05, 0.1) is 27.4 Å². The summed E-state index contributed by atoms with van der Waals surface area (Å²) < 4.78 is 21.9. The summed E-state index contributed by atoms with van der Waals surface area (Å²) in [6.07, 6.45) is 2.03. The van der Waals surface area contributed by atoms with E-state index < -0.39 is 6.10 Å². The van der Waals surface area contributed by atoms with Crippen molar-refractivity contribution in [1.82, 2.24) is 0 Å². The zero-order chi connectivity index (χ0) is 15.4. The average molecular weight is 296 g/mol. The molecule has 0 bridgehead atoms. The lowest BCUT2D eigenvalue weighted by Crippen LogP contribution is -2.37. The quantitative estimate of drug-likeness (QED) is 0.905. The summed E-state index contributed by atoms with van der Waals surface area (Å²) in [5.41, 5.74) is 0. The maximum atomic E-state index is 10.1. The van der Waals surface area contributed by atoms with Crippen molar-refractivity contribution in [3.05, 3.63) is 12.1 Å². The predicted octanol–water partition coefficient (Wildman–Crippen LogP) is 2.64. The summed E-state index contributed by atoms with van der Waals surface area (Å²) in [7, 11) is 4.70. The molecule has 118 valence electrons. The SMILES string of the molecule is COc1cc(OC2CC(C)CCC2O)cc(OC)c1OC. The van der Waals surface area contributed by atoms with Crippen LogP contribution in [0.1, 0.15) is 26.2 Å². The van der Waals surface area contributed by atoms with Gasteiger partial charge in [-0.1, -0.05) is 6.92 Å². The molecule has 5 nitrogen and oxygen atoms in total.